The highest BCUT2D eigenvalue weighted by atomic mass is 32.2. The molecule has 3 rings (SSSR count). The van der Waals surface area contributed by atoms with Crippen molar-refractivity contribution >= 4 is 23.6 Å². The van der Waals surface area contributed by atoms with Gasteiger partial charge in [0.2, 0.25) is 5.91 Å². The van der Waals surface area contributed by atoms with Crippen molar-refractivity contribution in [3.8, 4) is 0 Å². The SMILES string of the molecule is CCn1c(CNC(=O)c2ccccc2C)nnc1SCC(=O)NC1CCCC1. The van der Waals surface area contributed by atoms with Crippen LogP contribution in [-0.4, -0.2) is 38.4 Å². The van der Waals surface area contributed by atoms with Gasteiger partial charge < -0.3 is 15.2 Å². The first-order chi connectivity index (χ1) is 13.6. The second kappa shape index (κ2) is 9.73. The molecule has 2 N–H and O–H groups in total. The van der Waals surface area contributed by atoms with Crippen LogP contribution < -0.4 is 10.6 Å². The predicted octanol–water partition coefficient (Wildman–Crippen LogP) is 2.69. The summed E-state index contributed by atoms with van der Waals surface area (Å²) in [5, 5.41) is 15.1. The first-order valence-electron chi connectivity index (χ1n) is 9.76. The number of benzene rings is 1. The number of rotatable bonds is 8. The number of carbonyl (C=O) groups is 2. The molecule has 0 saturated heterocycles. The van der Waals surface area contributed by atoms with Crippen molar-refractivity contribution in [2.24, 2.45) is 0 Å². The largest absolute Gasteiger partial charge is 0.353 e. The quantitative estimate of drug-likeness (QED) is 0.664. The lowest BCUT2D eigenvalue weighted by atomic mass is 10.1. The van der Waals surface area contributed by atoms with E-state index in [1.54, 1.807) is 6.07 Å². The van der Waals surface area contributed by atoms with Crippen molar-refractivity contribution in [1.82, 2.24) is 25.4 Å². The summed E-state index contributed by atoms with van der Waals surface area (Å²) >= 11 is 1.38. The molecular weight excluding hydrogens is 374 g/mol. The van der Waals surface area contributed by atoms with Crippen LogP contribution in [0.5, 0.6) is 0 Å². The average molecular weight is 402 g/mol. The third kappa shape index (κ3) is 5.13. The van der Waals surface area contributed by atoms with Crippen LogP contribution in [0.15, 0.2) is 29.4 Å². The lowest BCUT2D eigenvalue weighted by Crippen LogP contribution is -2.33. The molecule has 1 fully saturated rings. The topological polar surface area (TPSA) is 88.9 Å². The standard InChI is InChI=1S/C20H27N5O2S/c1-3-25-17(12-21-19(27)16-11-7-4-8-14(16)2)23-24-20(25)28-13-18(26)22-15-9-5-6-10-15/h4,7-8,11,15H,3,5-6,9-10,12-13H2,1-2H3,(H,21,27)(H,22,26). The normalized spacial score (nSPS) is 14.2. The molecule has 0 aliphatic heterocycles. The summed E-state index contributed by atoms with van der Waals surface area (Å²) < 4.78 is 1.94. The lowest BCUT2D eigenvalue weighted by molar-refractivity contribution is -0.119. The number of hydrogen-bond acceptors (Lipinski definition) is 5. The molecule has 2 amide bonds. The van der Waals surface area contributed by atoms with E-state index in [1.807, 2.05) is 36.6 Å². The minimum atomic E-state index is -0.131. The monoisotopic (exact) mass is 401 g/mol. The van der Waals surface area contributed by atoms with E-state index in [0.717, 1.165) is 18.4 Å². The van der Waals surface area contributed by atoms with E-state index < -0.39 is 0 Å². The Labute approximate surface area is 169 Å². The van der Waals surface area contributed by atoms with Crippen LogP contribution >= 0.6 is 11.8 Å². The van der Waals surface area contributed by atoms with E-state index in [9.17, 15) is 9.59 Å². The molecule has 1 aromatic heterocycles. The third-order valence-electron chi connectivity index (χ3n) is 4.96. The van der Waals surface area contributed by atoms with Crippen LogP contribution in [0.4, 0.5) is 0 Å². The highest BCUT2D eigenvalue weighted by Crippen LogP contribution is 2.20. The summed E-state index contributed by atoms with van der Waals surface area (Å²) in [5.74, 6) is 0.915. The molecule has 1 heterocycles. The highest BCUT2D eigenvalue weighted by molar-refractivity contribution is 7.99. The number of aryl methyl sites for hydroxylation is 1. The Hall–Kier alpha value is -2.35. The zero-order chi connectivity index (χ0) is 19.9. The van der Waals surface area contributed by atoms with Crippen molar-refractivity contribution in [3.63, 3.8) is 0 Å². The molecule has 0 radical (unpaired) electrons. The third-order valence-corrected chi connectivity index (χ3v) is 5.93. The van der Waals surface area contributed by atoms with Gasteiger partial charge in [0, 0.05) is 18.2 Å². The molecule has 8 heteroatoms. The van der Waals surface area contributed by atoms with Gasteiger partial charge in [-0.25, -0.2) is 0 Å². The van der Waals surface area contributed by atoms with Crippen LogP contribution in [0.1, 0.15) is 54.4 Å². The summed E-state index contributed by atoms with van der Waals surface area (Å²) in [4.78, 5) is 24.5. The number of hydrogen-bond donors (Lipinski definition) is 2. The molecule has 0 spiro atoms. The van der Waals surface area contributed by atoms with Gasteiger partial charge in [0.05, 0.1) is 12.3 Å². The Kier molecular flexibility index (Phi) is 7.08. The Balaban J connectivity index is 1.55. The molecule has 1 saturated carbocycles. The number of carbonyl (C=O) groups excluding carboxylic acids is 2. The Morgan fingerprint density at radius 1 is 1.21 bits per heavy atom. The molecule has 0 atom stereocenters. The Morgan fingerprint density at radius 2 is 1.96 bits per heavy atom. The molecule has 1 aromatic carbocycles. The van der Waals surface area contributed by atoms with E-state index in [1.165, 1.54) is 24.6 Å². The lowest BCUT2D eigenvalue weighted by Gasteiger charge is -2.12. The van der Waals surface area contributed by atoms with Crippen LogP contribution in [0, 0.1) is 6.92 Å². The maximum Gasteiger partial charge on any atom is 0.251 e. The van der Waals surface area contributed by atoms with Crippen LogP contribution in [0.25, 0.3) is 0 Å². The number of nitrogens with zero attached hydrogens (tertiary/aromatic N) is 3. The van der Waals surface area contributed by atoms with Crippen molar-refractivity contribution < 1.29 is 9.59 Å². The van der Waals surface area contributed by atoms with E-state index in [2.05, 4.69) is 20.8 Å². The van der Waals surface area contributed by atoms with Crippen molar-refractivity contribution in [1.29, 1.82) is 0 Å². The fraction of sp³-hybridized carbons (Fsp3) is 0.500. The highest BCUT2D eigenvalue weighted by Gasteiger charge is 2.19. The van der Waals surface area contributed by atoms with Gasteiger partial charge >= 0.3 is 0 Å². The van der Waals surface area contributed by atoms with Crippen molar-refractivity contribution in [3.05, 3.63) is 41.2 Å². The van der Waals surface area contributed by atoms with Crippen molar-refractivity contribution in [2.45, 2.75) is 63.8 Å². The van der Waals surface area contributed by atoms with Gasteiger partial charge in [0.15, 0.2) is 11.0 Å². The maximum absolute atomic E-state index is 12.4. The minimum absolute atomic E-state index is 0.0389. The van der Waals surface area contributed by atoms with E-state index >= 15 is 0 Å². The molecule has 2 aromatic rings. The summed E-state index contributed by atoms with van der Waals surface area (Å²) in [5.41, 5.74) is 1.59. The molecule has 0 unspecified atom stereocenters. The number of thioether (sulfide) groups is 1. The summed E-state index contributed by atoms with van der Waals surface area (Å²) in [6.45, 7) is 4.88. The van der Waals surface area contributed by atoms with Gasteiger partial charge in [-0.2, -0.15) is 0 Å². The molecule has 1 aliphatic carbocycles. The number of amides is 2. The number of aromatic nitrogens is 3. The molecule has 150 valence electrons. The fourth-order valence-electron chi connectivity index (χ4n) is 3.43. The number of nitrogens with one attached hydrogen (secondary N) is 2. The summed E-state index contributed by atoms with van der Waals surface area (Å²) in [7, 11) is 0. The summed E-state index contributed by atoms with van der Waals surface area (Å²) in [6, 6.07) is 7.80. The minimum Gasteiger partial charge on any atom is -0.353 e. The van der Waals surface area contributed by atoms with E-state index in [-0.39, 0.29) is 11.8 Å². The van der Waals surface area contributed by atoms with Gasteiger partial charge in [-0.1, -0.05) is 42.8 Å². The Morgan fingerprint density at radius 3 is 2.68 bits per heavy atom. The zero-order valence-electron chi connectivity index (χ0n) is 16.4. The predicted molar refractivity (Wildman–Crippen MR) is 109 cm³/mol. The molecule has 0 bridgehead atoms. The van der Waals surface area contributed by atoms with Crippen LogP contribution in [-0.2, 0) is 17.9 Å². The average Bonchev–Trinajstić information content (AvgIpc) is 3.34. The molecular formula is C20H27N5O2S. The van der Waals surface area contributed by atoms with Gasteiger partial charge in [-0.05, 0) is 38.3 Å². The van der Waals surface area contributed by atoms with Crippen LogP contribution in [0.2, 0.25) is 0 Å². The Bertz CT molecular complexity index is 830. The molecule has 28 heavy (non-hydrogen) atoms. The second-order valence-electron chi connectivity index (χ2n) is 6.98. The molecule has 7 nitrogen and oxygen atoms in total. The first-order valence-corrected chi connectivity index (χ1v) is 10.7. The maximum atomic E-state index is 12.4. The smallest absolute Gasteiger partial charge is 0.251 e. The first kappa shape index (κ1) is 20.4. The van der Waals surface area contributed by atoms with Gasteiger partial charge in [-0.3, -0.25) is 9.59 Å². The van der Waals surface area contributed by atoms with E-state index in [0.29, 0.717) is 41.4 Å². The van der Waals surface area contributed by atoms with E-state index in [4.69, 9.17) is 0 Å². The van der Waals surface area contributed by atoms with Gasteiger partial charge in [-0.15, -0.1) is 10.2 Å². The zero-order valence-corrected chi connectivity index (χ0v) is 17.2. The van der Waals surface area contributed by atoms with Gasteiger partial charge in [0.1, 0.15) is 0 Å². The summed E-state index contributed by atoms with van der Waals surface area (Å²) in [6.07, 6.45) is 4.54. The molecule has 1 aliphatic rings. The van der Waals surface area contributed by atoms with Crippen LogP contribution in [0.3, 0.4) is 0 Å². The second-order valence-corrected chi connectivity index (χ2v) is 7.92. The van der Waals surface area contributed by atoms with Crippen molar-refractivity contribution in [2.75, 3.05) is 5.75 Å². The van der Waals surface area contributed by atoms with Gasteiger partial charge in [0.25, 0.3) is 5.91 Å². The fourth-order valence-corrected chi connectivity index (χ4v) is 4.26.